The summed E-state index contributed by atoms with van der Waals surface area (Å²) in [5.41, 5.74) is 3.72. The number of carbonyl (C=O) groups is 2. The summed E-state index contributed by atoms with van der Waals surface area (Å²) in [6.07, 6.45) is 3.37. The average Bonchev–Trinajstić information content (AvgIpc) is 3.05. The van der Waals surface area contributed by atoms with Gasteiger partial charge in [0.1, 0.15) is 11.4 Å². The minimum Gasteiger partial charge on any atom is -0.422 e. The molecule has 280 valence electrons. The molecule has 1 aromatic heterocycles. The molecule has 0 unspecified atom stereocenters. The third-order valence-corrected chi connectivity index (χ3v) is 13.0. The maximum Gasteiger partial charge on any atom is 0.341 e. The summed E-state index contributed by atoms with van der Waals surface area (Å²) in [5.74, 6) is -2.60. The molecule has 15 heteroatoms. The minimum atomic E-state index is -4.12. The second-order valence-corrected chi connectivity index (χ2v) is 16.9. The van der Waals surface area contributed by atoms with Crippen LogP contribution in [0.1, 0.15) is 62.2 Å². The second-order valence-electron chi connectivity index (χ2n) is 15.2. The molecule has 1 atom stereocenters. The summed E-state index contributed by atoms with van der Waals surface area (Å²) in [5, 5.41) is 0.859. The number of piperazine rings is 1. The summed E-state index contributed by atoms with van der Waals surface area (Å²) >= 11 is 0. The van der Waals surface area contributed by atoms with E-state index in [9.17, 15) is 22.8 Å². The number of hydrogen-bond acceptors (Lipinski definition) is 10. The predicted octanol–water partition coefficient (Wildman–Crippen LogP) is 3.04. The Hall–Kier alpha value is -4.05. The van der Waals surface area contributed by atoms with Gasteiger partial charge in [0.2, 0.25) is 0 Å². The predicted molar refractivity (Wildman–Crippen MR) is 196 cm³/mol. The van der Waals surface area contributed by atoms with Gasteiger partial charge in [0.15, 0.2) is 0 Å². The highest BCUT2D eigenvalue weighted by Crippen LogP contribution is 2.49. The van der Waals surface area contributed by atoms with Crippen molar-refractivity contribution in [2.24, 2.45) is 5.41 Å². The zero-order valence-corrected chi connectivity index (χ0v) is 31.5. The minimum absolute atomic E-state index is 0.0182. The third-order valence-electron chi connectivity index (χ3n) is 11.6. The molecular formula is C37H47FN6O7S. The van der Waals surface area contributed by atoms with E-state index in [2.05, 4.69) is 27.6 Å². The molecular weight excluding hydrogens is 692 g/mol. The van der Waals surface area contributed by atoms with Gasteiger partial charge >= 0.3 is 15.8 Å². The number of fused-ring (bicyclic) bond motifs is 3. The van der Waals surface area contributed by atoms with Gasteiger partial charge in [-0.05, 0) is 74.9 Å². The molecule has 1 N–H and O–H groups in total. The van der Waals surface area contributed by atoms with Crippen LogP contribution in [0.2, 0.25) is 0 Å². The number of halogens is 1. The lowest BCUT2D eigenvalue weighted by atomic mass is 9.65. The molecule has 0 bridgehead atoms. The first kappa shape index (κ1) is 36.3. The number of anilines is 2. The van der Waals surface area contributed by atoms with E-state index in [0.717, 1.165) is 72.7 Å². The Morgan fingerprint density at radius 3 is 2.46 bits per heavy atom. The van der Waals surface area contributed by atoms with E-state index in [1.54, 1.807) is 21.2 Å². The second kappa shape index (κ2) is 13.4. The van der Waals surface area contributed by atoms with Crippen molar-refractivity contribution in [1.29, 1.82) is 0 Å². The summed E-state index contributed by atoms with van der Waals surface area (Å²) in [7, 11) is 2.92. The summed E-state index contributed by atoms with van der Waals surface area (Å²) in [6.45, 7) is 7.93. The fourth-order valence-electron chi connectivity index (χ4n) is 8.34. The highest BCUT2D eigenvalue weighted by Gasteiger charge is 2.51. The van der Waals surface area contributed by atoms with Gasteiger partial charge in [0.25, 0.3) is 11.8 Å². The van der Waals surface area contributed by atoms with Crippen molar-refractivity contribution >= 4 is 44.4 Å². The Bertz CT molecular complexity index is 2120. The van der Waals surface area contributed by atoms with Crippen molar-refractivity contribution < 1.29 is 31.6 Å². The first-order valence-corrected chi connectivity index (χ1v) is 19.2. The lowest BCUT2D eigenvalue weighted by Crippen LogP contribution is -2.63. The van der Waals surface area contributed by atoms with Gasteiger partial charge < -0.3 is 23.9 Å². The van der Waals surface area contributed by atoms with Crippen LogP contribution >= 0.6 is 0 Å². The highest BCUT2D eigenvalue weighted by molar-refractivity contribution is 7.87. The quantitative estimate of drug-likeness (QED) is 0.344. The Morgan fingerprint density at radius 2 is 1.81 bits per heavy atom. The van der Waals surface area contributed by atoms with Gasteiger partial charge in [-0.2, -0.15) is 12.7 Å². The number of likely N-dealkylation sites (N-methyl/N-ethyl adjacent to an activating group) is 1. The van der Waals surface area contributed by atoms with Crippen molar-refractivity contribution in [2.45, 2.75) is 52.1 Å². The molecule has 1 spiro atoms. The smallest absolute Gasteiger partial charge is 0.341 e. The van der Waals surface area contributed by atoms with E-state index in [1.807, 2.05) is 13.8 Å². The average molecular weight is 739 g/mol. The van der Waals surface area contributed by atoms with Gasteiger partial charge in [0.05, 0.1) is 41.6 Å². The van der Waals surface area contributed by atoms with Crippen molar-refractivity contribution in [3.05, 3.63) is 67.8 Å². The largest absolute Gasteiger partial charge is 0.422 e. The number of nitrogens with one attached hydrogen (secondary N) is 1. The Balaban J connectivity index is 1.13. The lowest BCUT2D eigenvalue weighted by molar-refractivity contribution is -0.00859. The standard InChI is InChI=1S/C37H47FN6O7S/c1-22-14-30(42-13-12-41(5)24(17-42)19-50-6)23(2)33-32(22)25-8-11-43(18-28(25)36(47)51-33)35(46)26-16-31(40(3)4)27(15-29(26)38)34(45)39-52(48,49)44-20-37(21-44)9-7-10-37/h14-16,24H,7-13,17-21H2,1-6H3,(H,39,45)/t24-/m1/s1. The number of ether oxygens (including phenoxy) is 1. The maximum absolute atomic E-state index is 15.7. The SMILES string of the molecule is COC[C@H]1CN(c2cc(C)c3c4c(c(=O)oc3c2C)CN(C(=O)c2cc(N(C)C)c(C(=O)NS(=O)(=O)N3CC5(CCC5)C3)cc2F)CC4)CCN1C. The van der Waals surface area contributed by atoms with Gasteiger partial charge in [-0.25, -0.2) is 13.9 Å². The highest BCUT2D eigenvalue weighted by atomic mass is 32.2. The molecule has 2 amide bonds. The van der Waals surface area contributed by atoms with Crippen molar-refractivity contribution in [2.75, 3.05) is 83.9 Å². The third kappa shape index (κ3) is 6.24. The van der Waals surface area contributed by atoms with Crippen molar-refractivity contribution in [3.63, 3.8) is 0 Å². The molecule has 3 fully saturated rings. The van der Waals surface area contributed by atoms with Gasteiger partial charge in [-0.1, -0.05) is 6.42 Å². The number of benzene rings is 2. The van der Waals surface area contributed by atoms with E-state index >= 15 is 4.39 Å². The summed E-state index contributed by atoms with van der Waals surface area (Å²) in [6, 6.07) is 4.53. The number of rotatable bonds is 8. The van der Waals surface area contributed by atoms with Gasteiger partial charge in [-0.3, -0.25) is 14.5 Å². The zero-order valence-electron chi connectivity index (χ0n) is 30.7. The van der Waals surface area contributed by atoms with Crippen LogP contribution in [-0.2, 0) is 27.9 Å². The molecule has 1 aliphatic carbocycles. The molecule has 3 aliphatic heterocycles. The van der Waals surface area contributed by atoms with Crippen molar-refractivity contribution in [1.82, 2.24) is 18.8 Å². The molecule has 4 aliphatic rings. The van der Waals surface area contributed by atoms with Crippen LogP contribution in [0.4, 0.5) is 15.8 Å². The first-order chi connectivity index (χ1) is 24.6. The van der Waals surface area contributed by atoms with E-state index in [0.29, 0.717) is 37.3 Å². The number of aryl methyl sites for hydroxylation is 2. The molecule has 1 saturated carbocycles. The topological polar surface area (TPSA) is 136 Å². The summed E-state index contributed by atoms with van der Waals surface area (Å²) in [4.78, 5) is 48.2. The molecule has 4 heterocycles. The molecule has 13 nitrogen and oxygen atoms in total. The lowest BCUT2D eigenvalue weighted by Gasteiger charge is -2.54. The van der Waals surface area contributed by atoms with Crippen LogP contribution < -0.4 is 20.1 Å². The number of hydrogen-bond donors (Lipinski definition) is 1. The van der Waals surface area contributed by atoms with E-state index in [4.69, 9.17) is 9.15 Å². The first-order valence-electron chi connectivity index (χ1n) is 17.8. The summed E-state index contributed by atoms with van der Waals surface area (Å²) < 4.78 is 56.4. The van der Waals surface area contributed by atoms with Crippen LogP contribution in [0.25, 0.3) is 11.0 Å². The van der Waals surface area contributed by atoms with Crippen LogP contribution in [0.5, 0.6) is 0 Å². The zero-order chi connectivity index (χ0) is 37.3. The van der Waals surface area contributed by atoms with Crippen LogP contribution in [0.3, 0.4) is 0 Å². The van der Waals surface area contributed by atoms with Crippen molar-refractivity contribution in [3.8, 4) is 0 Å². The molecule has 3 aromatic rings. The molecule has 52 heavy (non-hydrogen) atoms. The van der Waals surface area contributed by atoms with Crippen LogP contribution in [0.15, 0.2) is 27.4 Å². The van der Waals surface area contributed by atoms with E-state index < -0.39 is 33.5 Å². The van der Waals surface area contributed by atoms with E-state index in [-0.39, 0.29) is 41.4 Å². The Kier molecular flexibility index (Phi) is 9.37. The van der Waals surface area contributed by atoms with Crippen LogP contribution in [0, 0.1) is 25.1 Å². The monoisotopic (exact) mass is 738 g/mol. The fourth-order valence-corrected chi connectivity index (χ4v) is 9.70. The number of carbonyl (C=O) groups excluding carboxylic acids is 2. The fraction of sp³-hybridized carbons (Fsp3) is 0.541. The Labute approximate surface area is 303 Å². The van der Waals surface area contributed by atoms with E-state index in [1.165, 1.54) is 20.2 Å². The number of methoxy groups -OCH3 is 1. The normalized spacial score (nSPS) is 20.4. The molecule has 7 rings (SSSR count). The molecule has 2 saturated heterocycles. The molecule has 2 aromatic carbocycles. The number of amides is 2. The maximum atomic E-state index is 15.7. The Morgan fingerprint density at radius 1 is 1.08 bits per heavy atom. The van der Waals surface area contributed by atoms with Gasteiger partial charge in [-0.15, -0.1) is 0 Å². The van der Waals surface area contributed by atoms with Gasteiger partial charge in [0, 0.05) is 77.1 Å². The number of nitrogens with zero attached hydrogens (tertiary/aromatic N) is 5. The molecule has 0 radical (unpaired) electrons. The van der Waals surface area contributed by atoms with Crippen LogP contribution in [-0.4, -0.2) is 115 Å².